The van der Waals surface area contributed by atoms with Gasteiger partial charge in [-0.3, -0.25) is 0 Å². The molecule has 0 unspecified atom stereocenters. The van der Waals surface area contributed by atoms with Crippen LogP contribution < -0.4 is 0 Å². The van der Waals surface area contributed by atoms with Gasteiger partial charge in [0, 0.05) is 0 Å². The van der Waals surface area contributed by atoms with Gasteiger partial charge in [0.1, 0.15) is 5.41 Å². The van der Waals surface area contributed by atoms with Crippen LogP contribution in [0.25, 0.3) is 0 Å². The Morgan fingerprint density at radius 2 is 0.833 bits per heavy atom. The first-order valence-electron chi connectivity index (χ1n) is 11.1. The summed E-state index contributed by atoms with van der Waals surface area (Å²) < 4.78 is 44.0. The minimum Gasteiger partial charge on any atom is -0.170 e. The highest BCUT2D eigenvalue weighted by molar-refractivity contribution is 5.48. The van der Waals surface area contributed by atoms with Crippen molar-refractivity contribution in [3.05, 3.63) is 69.8 Å². The van der Waals surface area contributed by atoms with E-state index in [9.17, 15) is 13.2 Å². The Hall–Kier alpha value is -1.77. The SMILES string of the molecule is CC(C)c1ccc(C(C)(c2ccc(C(C)C)c(C(C)C)c2)C(F)(F)F)cc1C(C)C. The minimum absolute atomic E-state index is 0.161. The molecule has 2 aromatic carbocycles. The van der Waals surface area contributed by atoms with Gasteiger partial charge in [-0.1, -0.05) is 91.8 Å². The predicted octanol–water partition coefficient (Wildman–Crippen LogP) is 9.05. The van der Waals surface area contributed by atoms with Gasteiger partial charge >= 0.3 is 6.18 Å². The van der Waals surface area contributed by atoms with Gasteiger partial charge in [-0.15, -0.1) is 0 Å². The van der Waals surface area contributed by atoms with Crippen LogP contribution in [0.2, 0.25) is 0 Å². The number of rotatable bonds is 6. The standard InChI is InChI=1S/C27H37F3/c1-16(2)22-12-10-20(14-24(22)18(5)6)26(9,27(28,29)30)21-11-13-23(17(3)4)25(15-21)19(7)8/h10-19H,1-9H3. The first-order chi connectivity index (χ1) is 13.7. The van der Waals surface area contributed by atoms with Gasteiger partial charge in [0.2, 0.25) is 0 Å². The van der Waals surface area contributed by atoms with Crippen LogP contribution in [0.1, 0.15) is 119 Å². The molecular weight excluding hydrogens is 381 g/mol. The van der Waals surface area contributed by atoms with Crippen LogP contribution in [0.3, 0.4) is 0 Å². The maximum atomic E-state index is 14.7. The van der Waals surface area contributed by atoms with E-state index in [4.69, 9.17) is 0 Å². The van der Waals surface area contributed by atoms with E-state index in [-0.39, 0.29) is 23.7 Å². The fraction of sp³-hybridized carbons (Fsp3) is 0.556. The highest BCUT2D eigenvalue weighted by Crippen LogP contribution is 2.48. The number of benzene rings is 2. The summed E-state index contributed by atoms with van der Waals surface area (Å²) >= 11 is 0. The molecule has 0 saturated carbocycles. The molecule has 0 aliphatic heterocycles. The Labute approximate surface area is 180 Å². The van der Waals surface area contributed by atoms with E-state index in [0.717, 1.165) is 22.3 Å². The molecular formula is C27H37F3. The van der Waals surface area contributed by atoms with Gasteiger partial charge in [0.05, 0.1) is 0 Å². The summed E-state index contributed by atoms with van der Waals surface area (Å²) in [6.45, 7) is 17.9. The number of hydrogen-bond donors (Lipinski definition) is 0. The lowest BCUT2D eigenvalue weighted by Crippen LogP contribution is -2.41. The average molecular weight is 419 g/mol. The monoisotopic (exact) mass is 418 g/mol. The van der Waals surface area contributed by atoms with Crippen molar-refractivity contribution in [3.63, 3.8) is 0 Å². The lowest BCUT2D eigenvalue weighted by molar-refractivity contribution is -0.173. The summed E-state index contributed by atoms with van der Waals surface area (Å²) in [5, 5.41) is 0. The molecule has 0 amide bonds. The van der Waals surface area contributed by atoms with Crippen LogP contribution in [-0.4, -0.2) is 6.18 Å². The van der Waals surface area contributed by atoms with E-state index in [1.807, 2.05) is 39.8 Å². The zero-order valence-electron chi connectivity index (χ0n) is 19.9. The normalized spacial score (nSPS) is 13.2. The lowest BCUT2D eigenvalue weighted by atomic mass is 9.72. The summed E-state index contributed by atoms with van der Waals surface area (Å²) in [7, 11) is 0. The fourth-order valence-electron chi connectivity index (χ4n) is 4.32. The van der Waals surface area contributed by atoms with Gasteiger partial charge < -0.3 is 0 Å². The Balaban J connectivity index is 2.80. The maximum absolute atomic E-state index is 14.7. The van der Waals surface area contributed by atoms with Crippen LogP contribution >= 0.6 is 0 Å². The zero-order chi connectivity index (χ0) is 23.0. The number of halogens is 3. The van der Waals surface area contributed by atoms with E-state index in [1.165, 1.54) is 6.92 Å². The average Bonchev–Trinajstić information content (AvgIpc) is 2.65. The molecule has 0 saturated heterocycles. The molecule has 0 aromatic heterocycles. The maximum Gasteiger partial charge on any atom is 0.402 e. The second kappa shape index (κ2) is 8.77. The van der Waals surface area contributed by atoms with E-state index in [2.05, 4.69) is 27.7 Å². The smallest absolute Gasteiger partial charge is 0.170 e. The summed E-state index contributed by atoms with van der Waals surface area (Å²) in [5.74, 6) is 0.863. The molecule has 0 bridgehead atoms. The Bertz CT molecular complexity index is 807. The van der Waals surface area contributed by atoms with Gasteiger partial charge in [0.25, 0.3) is 0 Å². The number of alkyl halides is 3. The molecule has 0 atom stereocenters. The van der Waals surface area contributed by atoms with Crippen LogP contribution in [0.15, 0.2) is 36.4 Å². The predicted molar refractivity (Wildman–Crippen MR) is 122 cm³/mol. The van der Waals surface area contributed by atoms with Crippen molar-refractivity contribution in [1.29, 1.82) is 0 Å². The van der Waals surface area contributed by atoms with Crippen molar-refractivity contribution in [2.24, 2.45) is 0 Å². The van der Waals surface area contributed by atoms with Crippen LogP contribution in [0, 0.1) is 0 Å². The topological polar surface area (TPSA) is 0 Å². The molecule has 30 heavy (non-hydrogen) atoms. The molecule has 0 nitrogen and oxygen atoms in total. The van der Waals surface area contributed by atoms with Gasteiger partial charge in [-0.25, -0.2) is 0 Å². The molecule has 0 fully saturated rings. The van der Waals surface area contributed by atoms with Crippen molar-refractivity contribution < 1.29 is 13.2 Å². The lowest BCUT2D eigenvalue weighted by Gasteiger charge is -2.35. The van der Waals surface area contributed by atoms with Crippen LogP contribution in [-0.2, 0) is 5.41 Å². The van der Waals surface area contributed by atoms with E-state index < -0.39 is 11.6 Å². The Morgan fingerprint density at radius 1 is 0.533 bits per heavy atom. The molecule has 2 aromatic rings. The fourth-order valence-corrected chi connectivity index (χ4v) is 4.32. The van der Waals surface area contributed by atoms with Crippen LogP contribution in [0.4, 0.5) is 13.2 Å². The number of hydrogen-bond acceptors (Lipinski definition) is 0. The highest BCUT2D eigenvalue weighted by Gasteiger charge is 2.53. The Kier molecular flexibility index (Phi) is 7.16. The van der Waals surface area contributed by atoms with Gasteiger partial charge in [-0.2, -0.15) is 13.2 Å². The van der Waals surface area contributed by atoms with Crippen LogP contribution in [0.5, 0.6) is 0 Å². The van der Waals surface area contributed by atoms with E-state index in [0.29, 0.717) is 11.1 Å². The van der Waals surface area contributed by atoms with Crippen molar-refractivity contribution in [2.75, 3.05) is 0 Å². The first-order valence-corrected chi connectivity index (χ1v) is 11.1. The minimum atomic E-state index is -4.41. The summed E-state index contributed by atoms with van der Waals surface area (Å²) in [4.78, 5) is 0. The molecule has 0 radical (unpaired) electrons. The quantitative estimate of drug-likeness (QED) is 0.439. The second-order valence-corrected chi connectivity index (χ2v) is 9.93. The molecule has 0 heterocycles. The van der Waals surface area contributed by atoms with Crippen molar-refractivity contribution >= 4 is 0 Å². The van der Waals surface area contributed by atoms with Gasteiger partial charge in [0.15, 0.2) is 0 Å². The summed E-state index contributed by atoms with van der Waals surface area (Å²) in [5.41, 5.74) is 2.81. The molecule has 0 aliphatic rings. The third kappa shape index (κ3) is 4.45. The Morgan fingerprint density at radius 3 is 1.07 bits per heavy atom. The van der Waals surface area contributed by atoms with E-state index in [1.54, 1.807) is 24.3 Å². The third-order valence-corrected chi connectivity index (χ3v) is 6.38. The zero-order valence-corrected chi connectivity index (χ0v) is 19.9. The summed E-state index contributed by atoms with van der Waals surface area (Å²) in [6, 6.07) is 10.7. The third-order valence-electron chi connectivity index (χ3n) is 6.38. The molecule has 0 spiro atoms. The van der Waals surface area contributed by atoms with Crippen molar-refractivity contribution in [3.8, 4) is 0 Å². The molecule has 3 heteroatoms. The first kappa shape index (κ1) is 24.5. The molecule has 0 N–H and O–H groups in total. The molecule has 166 valence electrons. The van der Waals surface area contributed by atoms with Gasteiger partial charge in [-0.05, 0) is 64.0 Å². The highest BCUT2D eigenvalue weighted by atomic mass is 19.4. The summed E-state index contributed by atoms with van der Waals surface area (Å²) in [6.07, 6.45) is -4.41. The largest absolute Gasteiger partial charge is 0.402 e. The van der Waals surface area contributed by atoms with E-state index >= 15 is 0 Å². The van der Waals surface area contributed by atoms with Crippen molar-refractivity contribution in [1.82, 2.24) is 0 Å². The van der Waals surface area contributed by atoms with Crippen molar-refractivity contribution in [2.45, 2.75) is 97.6 Å². The molecule has 2 rings (SSSR count). The second-order valence-electron chi connectivity index (χ2n) is 9.93. The molecule has 0 aliphatic carbocycles.